The van der Waals surface area contributed by atoms with Crippen molar-refractivity contribution in [1.29, 1.82) is 0 Å². The molecule has 29 heavy (non-hydrogen) atoms. The van der Waals surface area contributed by atoms with Gasteiger partial charge < -0.3 is 9.88 Å². The SMILES string of the molecule is c1csc(-c2cnc(-n3ccnc3)nc2NCc2ccc(-n3ccnc3)cc2)c1. The highest BCUT2D eigenvalue weighted by molar-refractivity contribution is 7.13. The molecule has 7 nitrogen and oxygen atoms in total. The lowest BCUT2D eigenvalue weighted by Crippen LogP contribution is -2.07. The number of nitrogens with one attached hydrogen (secondary N) is 1. The molecule has 0 aliphatic carbocycles. The molecule has 0 aliphatic heterocycles. The van der Waals surface area contributed by atoms with Crippen molar-refractivity contribution in [3.63, 3.8) is 0 Å². The first-order valence-corrected chi connectivity index (χ1v) is 9.95. The minimum Gasteiger partial charge on any atom is -0.365 e. The fourth-order valence-electron chi connectivity index (χ4n) is 3.00. The standard InChI is InChI=1S/C21H17N7S/c1-2-19(29-11-1)18-13-25-21(28-10-8-23-15-28)26-20(18)24-12-16-3-5-17(6-4-16)27-9-7-22-14-27/h1-11,13-15H,12H2,(H,24,25,26). The highest BCUT2D eigenvalue weighted by Crippen LogP contribution is 2.30. The highest BCUT2D eigenvalue weighted by atomic mass is 32.1. The van der Waals surface area contributed by atoms with Crippen molar-refractivity contribution in [2.75, 3.05) is 5.32 Å². The van der Waals surface area contributed by atoms with Crippen LogP contribution >= 0.6 is 11.3 Å². The number of anilines is 1. The molecule has 0 bridgehead atoms. The van der Waals surface area contributed by atoms with Gasteiger partial charge in [-0.1, -0.05) is 18.2 Å². The number of imidazole rings is 2. The summed E-state index contributed by atoms with van der Waals surface area (Å²) >= 11 is 1.67. The van der Waals surface area contributed by atoms with E-state index < -0.39 is 0 Å². The minimum absolute atomic E-state index is 0.584. The summed E-state index contributed by atoms with van der Waals surface area (Å²) in [6.45, 7) is 0.656. The van der Waals surface area contributed by atoms with E-state index in [-0.39, 0.29) is 0 Å². The number of rotatable bonds is 6. The fraction of sp³-hybridized carbons (Fsp3) is 0.0476. The molecule has 5 rings (SSSR count). The van der Waals surface area contributed by atoms with Crippen LogP contribution in [0.1, 0.15) is 5.56 Å². The molecule has 0 radical (unpaired) electrons. The van der Waals surface area contributed by atoms with E-state index in [9.17, 15) is 0 Å². The van der Waals surface area contributed by atoms with Crippen LogP contribution in [0.3, 0.4) is 0 Å². The molecule has 0 saturated heterocycles. The van der Waals surface area contributed by atoms with Crippen LogP contribution < -0.4 is 5.32 Å². The first-order valence-electron chi connectivity index (χ1n) is 9.07. The molecule has 0 fully saturated rings. The van der Waals surface area contributed by atoms with Gasteiger partial charge in [0.05, 0.1) is 11.9 Å². The summed E-state index contributed by atoms with van der Waals surface area (Å²) in [7, 11) is 0. The molecule has 4 heterocycles. The molecular weight excluding hydrogens is 382 g/mol. The lowest BCUT2D eigenvalue weighted by atomic mass is 10.2. The molecule has 0 saturated carbocycles. The highest BCUT2D eigenvalue weighted by Gasteiger charge is 2.11. The van der Waals surface area contributed by atoms with Gasteiger partial charge in [-0.05, 0) is 29.1 Å². The van der Waals surface area contributed by atoms with Crippen molar-refractivity contribution >= 4 is 17.2 Å². The Morgan fingerprint density at radius 3 is 2.41 bits per heavy atom. The van der Waals surface area contributed by atoms with Gasteiger partial charge in [-0.25, -0.2) is 15.0 Å². The predicted molar refractivity (Wildman–Crippen MR) is 113 cm³/mol. The topological polar surface area (TPSA) is 73.5 Å². The lowest BCUT2D eigenvalue weighted by molar-refractivity contribution is 0.922. The summed E-state index contributed by atoms with van der Waals surface area (Å²) < 4.78 is 3.78. The van der Waals surface area contributed by atoms with E-state index >= 15 is 0 Å². The molecule has 5 aromatic rings. The maximum absolute atomic E-state index is 4.74. The van der Waals surface area contributed by atoms with E-state index in [0.29, 0.717) is 12.5 Å². The van der Waals surface area contributed by atoms with E-state index in [1.54, 1.807) is 41.0 Å². The predicted octanol–water partition coefficient (Wildman–Crippen LogP) is 4.19. The number of benzene rings is 1. The number of nitrogens with zero attached hydrogens (tertiary/aromatic N) is 6. The number of thiophene rings is 1. The molecular formula is C21H17N7S. The first-order chi connectivity index (χ1) is 14.4. The number of hydrogen-bond donors (Lipinski definition) is 1. The van der Waals surface area contributed by atoms with Crippen LogP contribution in [0.15, 0.2) is 85.4 Å². The molecule has 0 unspecified atom stereocenters. The molecule has 0 amide bonds. The molecule has 8 heteroatoms. The van der Waals surface area contributed by atoms with Crippen molar-refractivity contribution in [2.24, 2.45) is 0 Å². The maximum Gasteiger partial charge on any atom is 0.236 e. The van der Waals surface area contributed by atoms with Gasteiger partial charge in [0.15, 0.2) is 0 Å². The van der Waals surface area contributed by atoms with Crippen molar-refractivity contribution in [3.05, 3.63) is 91.0 Å². The van der Waals surface area contributed by atoms with Crippen molar-refractivity contribution in [3.8, 4) is 22.1 Å². The Hall–Kier alpha value is -3.78. The lowest BCUT2D eigenvalue weighted by Gasteiger charge is -2.12. The summed E-state index contributed by atoms with van der Waals surface area (Å²) in [6, 6.07) is 12.5. The van der Waals surface area contributed by atoms with Gasteiger partial charge >= 0.3 is 0 Å². The maximum atomic E-state index is 4.74. The third-order valence-corrected chi connectivity index (χ3v) is 5.40. The second kappa shape index (κ2) is 7.69. The van der Waals surface area contributed by atoms with Crippen LogP contribution in [-0.2, 0) is 6.54 Å². The van der Waals surface area contributed by atoms with Gasteiger partial charge in [-0.3, -0.25) is 4.57 Å². The van der Waals surface area contributed by atoms with Gasteiger partial charge in [0, 0.05) is 48.1 Å². The largest absolute Gasteiger partial charge is 0.365 e. The van der Waals surface area contributed by atoms with E-state index in [1.165, 1.54) is 0 Å². The average Bonchev–Trinajstić information content (AvgIpc) is 3.55. The summed E-state index contributed by atoms with van der Waals surface area (Å²) in [5.41, 5.74) is 3.22. The third-order valence-electron chi connectivity index (χ3n) is 4.50. The van der Waals surface area contributed by atoms with Crippen molar-refractivity contribution < 1.29 is 0 Å². The molecule has 0 spiro atoms. The zero-order valence-corrected chi connectivity index (χ0v) is 16.2. The van der Waals surface area contributed by atoms with Crippen LogP contribution in [0.4, 0.5) is 5.82 Å². The normalized spacial score (nSPS) is 10.9. The van der Waals surface area contributed by atoms with Gasteiger partial charge in [-0.2, -0.15) is 4.98 Å². The van der Waals surface area contributed by atoms with E-state index in [4.69, 9.17) is 4.98 Å². The smallest absolute Gasteiger partial charge is 0.236 e. The minimum atomic E-state index is 0.584. The van der Waals surface area contributed by atoms with Crippen molar-refractivity contribution in [1.82, 2.24) is 29.1 Å². The molecule has 0 atom stereocenters. The molecule has 1 N–H and O–H groups in total. The Bertz CT molecular complexity index is 1180. The molecule has 1 aromatic carbocycles. The number of hydrogen-bond acceptors (Lipinski definition) is 6. The van der Waals surface area contributed by atoms with Crippen LogP contribution in [0.2, 0.25) is 0 Å². The van der Waals surface area contributed by atoms with Crippen molar-refractivity contribution in [2.45, 2.75) is 6.54 Å². The summed E-state index contributed by atoms with van der Waals surface area (Å²) in [5.74, 6) is 1.38. The van der Waals surface area contributed by atoms with Gasteiger partial charge in [0.25, 0.3) is 0 Å². The van der Waals surface area contributed by atoms with Crippen LogP contribution in [0.5, 0.6) is 0 Å². The summed E-state index contributed by atoms with van der Waals surface area (Å²) in [6.07, 6.45) is 12.6. The quantitative estimate of drug-likeness (QED) is 0.463. The Morgan fingerprint density at radius 2 is 1.72 bits per heavy atom. The number of aromatic nitrogens is 6. The second-order valence-corrected chi connectivity index (χ2v) is 7.32. The second-order valence-electron chi connectivity index (χ2n) is 6.37. The Balaban J connectivity index is 1.41. The van der Waals surface area contributed by atoms with Gasteiger partial charge in [0.2, 0.25) is 5.95 Å². The Labute approximate surface area is 171 Å². The van der Waals surface area contributed by atoms with E-state index in [2.05, 4.69) is 56.0 Å². The summed E-state index contributed by atoms with van der Waals surface area (Å²) in [5, 5.41) is 5.53. The van der Waals surface area contributed by atoms with E-state index in [1.807, 2.05) is 29.2 Å². The third kappa shape index (κ3) is 3.65. The van der Waals surface area contributed by atoms with Crippen LogP contribution in [0, 0.1) is 0 Å². The Morgan fingerprint density at radius 1 is 0.931 bits per heavy atom. The van der Waals surface area contributed by atoms with Gasteiger partial charge in [-0.15, -0.1) is 11.3 Å². The Kier molecular flexibility index (Phi) is 4.59. The fourth-order valence-corrected chi connectivity index (χ4v) is 3.74. The zero-order valence-electron chi connectivity index (χ0n) is 15.4. The first kappa shape index (κ1) is 17.3. The zero-order chi connectivity index (χ0) is 19.5. The molecule has 0 aliphatic rings. The average molecular weight is 399 g/mol. The molecule has 4 aromatic heterocycles. The monoisotopic (exact) mass is 399 g/mol. The van der Waals surface area contributed by atoms with Crippen LogP contribution in [-0.4, -0.2) is 29.1 Å². The molecule has 142 valence electrons. The summed E-state index contributed by atoms with van der Waals surface area (Å²) in [4.78, 5) is 18.5. The van der Waals surface area contributed by atoms with E-state index in [0.717, 1.165) is 27.5 Å². The van der Waals surface area contributed by atoms with Crippen LogP contribution in [0.25, 0.3) is 22.1 Å². The van der Waals surface area contributed by atoms with Gasteiger partial charge in [0.1, 0.15) is 12.1 Å².